The van der Waals surface area contributed by atoms with Crippen LogP contribution in [0.25, 0.3) is 0 Å². The minimum absolute atomic E-state index is 0.0966. The van der Waals surface area contributed by atoms with Gasteiger partial charge in [0.1, 0.15) is 0 Å². The second-order valence-electron chi connectivity index (χ2n) is 6.22. The topological polar surface area (TPSA) is 35.5 Å². The summed E-state index contributed by atoms with van der Waals surface area (Å²) >= 11 is 0. The fourth-order valence-corrected chi connectivity index (χ4v) is 2.88. The SMILES string of the molecule is CCCCN1CCC(NCC(CC)(CC)CO)CC1. The summed E-state index contributed by atoms with van der Waals surface area (Å²) in [5.74, 6) is 0. The summed E-state index contributed by atoms with van der Waals surface area (Å²) in [7, 11) is 0. The van der Waals surface area contributed by atoms with Crippen molar-refractivity contribution in [3.05, 3.63) is 0 Å². The lowest BCUT2D eigenvalue weighted by Crippen LogP contribution is -2.47. The zero-order valence-corrected chi connectivity index (χ0v) is 13.2. The number of piperidine rings is 1. The molecule has 0 unspecified atom stereocenters. The molecule has 0 aromatic heterocycles. The number of hydrogen-bond donors (Lipinski definition) is 2. The Bertz CT molecular complexity index is 213. The van der Waals surface area contributed by atoms with Crippen LogP contribution < -0.4 is 5.32 Å². The van der Waals surface area contributed by atoms with Crippen LogP contribution >= 0.6 is 0 Å². The molecule has 1 aliphatic rings. The van der Waals surface area contributed by atoms with E-state index in [9.17, 15) is 5.11 Å². The number of nitrogens with one attached hydrogen (secondary N) is 1. The summed E-state index contributed by atoms with van der Waals surface area (Å²) in [6.45, 7) is 11.7. The second-order valence-corrected chi connectivity index (χ2v) is 6.22. The van der Waals surface area contributed by atoms with E-state index in [4.69, 9.17) is 0 Å². The maximum atomic E-state index is 9.60. The van der Waals surface area contributed by atoms with Crippen LogP contribution in [0.4, 0.5) is 0 Å². The highest BCUT2D eigenvalue weighted by molar-refractivity contribution is 4.83. The molecule has 0 aromatic rings. The quantitative estimate of drug-likeness (QED) is 0.676. The largest absolute Gasteiger partial charge is 0.396 e. The molecule has 0 aromatic carbocycles. The van der Waals surface area contributed by atoms with E-state index in [0.29, 0.717) is 12.6 Å². The van der Waals surface area contributed by atoms with E-state index >= 15 is 0 Å². The van der Waals surface area contributed by atoms with E-state index in [1.807, 2.05) is 0 Å². The fourth-order valence-electron chi connectivity index (χ4n) is 2.88. The van der Waals surface area contributed by atoms with Crippen molar-refractivity contribution in [2.45, 2.75) is 65.3 Å². The van der Waals surface area contributed by atoms with Crippen LogP contribution in [0.15, 0.2) is 0 Å². The zero-order valence-electron chi connectivity index (χ0n) is 13.2. The van der Waals surface area contributed by atoms with E-state index in [-0.39, 0.29) is 5.41 Å². The first-order valence-corrected chi connectivity index (χ1v) is 8.26. The van der Waals surface area contributed by atoms with E-state index < -0.39 is 0 Å². The monoisotopic (exact) mass is 270 g/mol. The molecule has 0 spiro atoms. The van der Waals surface area contributed by atoms with Crippen molar-refractivity contribution in [3.8, 4) is 0 Å². The van der Waals surface area contributed by atoms with Gasteiger partial charge in [0.05, 0.1) is 0 Å². The molecule has 1 heterocycles. The van der Waals surface area contributed by atoms with Crippen molar-refractivity contribution in [1.82, 2.24) is 10.2 Å². The summed E-state index contributed by atoms with van der Waals surface area (Å²) in [4.78, 5) is 2.60. The van der Waals surface area contributed by atoms with E-state index in [1.54, 1.807) is 0 Å². The maximum Gasteiger partial charge on any atom is 0.0499 e. The normalized spacial score (nSPS) is 18.9. The molecule has 1 aliphatic heterocycles. The average molecular weight is 270 g/mol. The van der Waals surface area contributed by atoms with Gasteiger partial charge in [0.2, 0.25) is 0 Å². The molecular weight excluding hydrogens is 236 g/mol. The predicted octanol–water partition coefficient (Wildman–Crippen LogP) is 2.64. The van der Waals surface area contributed by atoms with Gasteiger partial charge in [0, 0.05) is 24.6 Å². The molecule has 0 aliphatic carbocycles. The molecule has 0 amide bonds. The molecule has 0 atom stereocenters. The predicted molar refractivity (Wildman–Crippen MR) is 82.5 cm³/mol. The molecule has 1 fully saturated rings. The summed E-state index contributed by atoms with van der Waals surface area (Å²) in [6.07, 6.45) is 7.27. The highest BCUT2D eigenvalue weighted by atomic mass is 16.3. The van der Waals surface area contributed by atoms with Crippen LogP contribution in [0.1, 0.15) is 59.3 Å². The van der Waals surface area contributed by atoms with Crippen molar-refractivity contribution >= 4 is 0 Å². The molecule has 1 rings (SSSR count). The van der Waals surface area contributed by atoms with Gasteiger partial charge in [0.15, 0.2) is 0 Å². The van der Waals surface area contributed by atoms with Gasteiger partial charge in [-0.3, -0.25) is 0 Å². The van der Waals surface area contributed by atoms with Gasteiger partial charge >= 0.3 is 0 Å². The molecule has 3 nitrogen and oxygen atoms in total. The Balaban J connectivity index is 2.25. The van der Waals surface area contributed by atoms with Gasteiger partial charge < -0.3 is 15.3 Å². The minimum atomic E-state index is 0.0966. The summed E-state index contributed by atoms with van der Waals surface area (Å²) < 4.78 is 0. The van der Waals surface area contributed by atoms with Gasteiger partial charge in [-0.05, 0) is 51.7 Å². The Hall–Kier alpha value is -0.120. The van der Waals surface area contributed by atoms with Crippen LogP contribution in [0.5, 0.6) is 0 Å². The van der Waals surface area contributed by atoms with Crippen LogP contribution in [-0.4, -0.2) is 48.8 Å². The lowest BCUT2D eigenvalue weighted by Gasteiger charge is -2.36. The molecule has 19 heavy (non-hydrogen) atoms. The number of aliphatic hydroxyl groups excluding tert-OH is 1. The number of aliphatic hydroxyl groups is 1. The molecular formula is C16H34N2O. The fraction of sp³-hybridized carbons (Fsp3) is 1.00. The number of hydrogen-bond acceptors (Lipinski definition) is 3. The Labute approximate surface area is 119 Å². The molecule has 0 bridgehead atoms. The summed E-state index contributed by atoms with van der Waals surface area (Å²) in [5.41, 5.74) is 0.0966. The van der Waals surface area contributed by atoms with Crippen molar-refractivity contribution in [3.63, 3.8) is 0 Å². The van der Waals surface area contributed by atoms with Crippen LogP contribution in [0.2, 0.25) is 0 Å². The van der Waals surface area contributed by atoms with Gasteiger partial charge in [0.25, 0.3) is 0 Å². The summed E-state index contributed by atoms with van der Waals surface area (Å²) in [5, 5.41) is 13.3. The van der Waals surface area contributed by atoms with E-state index in [2.05, 4.69) is 31.0 Å². The Morgan fingerprint density at radius 1 is 1.16 bits per heavy atom. The van der Waals surface area contributed by atoms with Crippen molar-refractivity contribution in [2.24, 2.45) is 5.41 Å². The highest BCUT2D eigenvalue weighted by Crippen LogP contribution is 2.25. The standard InChI is InChI=1S/C16H34N2O/c1-4-7-10-18-11-8-15(9-12-18)17-13-16(5-2,6-3)14-19/h15,17,19H,4-14H2,1-3H3. The first kappa shape index (κ1) is 16.9. The smallest absolute Gasteiger partial charge is 0.0499 e. The van der Waals surface area contributed by atoms with Gasteiger partial charge in [-0.1, -0.05) is 27.2 Å². The van der Waals surface area contributed by atoms with E-state index in [0.717, 1.165) is 19.4 Å². The number of likely N-dealkylation sites (tertiary alicyclic amines) is 1. The molecule has 1 saturated heterocycles. The Morgan fingerprint density at radius 3 is 2.26 bits per heavy atom. The lowest BCUT2D eigenvalue weighted by molar-refractivity contribution is 0.103. The average Bonchev–Trinajstić information content (AvgIpc) is 2.48. The van der Waals surface area contributed by atoms with Crippen molar-refractivity contribution in [1.29, 1.82) is 0 Å². The van der Waals surface area contributed by atoms with Gasteiger partial charge in [-0.25, -0.2) is 0 Å². The summed E-state index contributed by atoms with van der Waals surface area (Å²) in [6, 6.07) is 0.655. The van der Waals surface area contributed by atoms with E-state index in [1.165, 1.54) is 45.3 Å². The minimum Gasteiger partial charge on any atom is -0.396 e. The Morgan fingerprint density at radius 2 is 1.79 bits per heavy atom. The molecule has 114 valence electrons. The lowest BCUT2D eigenvalue weighted by atomic mass is 9.83. The molecule has 3 heteroatoms. The second kappa shape index (κ2) is 8.93. The first-order chi connectivity index (χ1) is 9.19. The molecule has 0 radical (unpaired) electrons. The maximum absolute atomic E-state index is 9.60. The zero-order chi connectivity index (χ0) is 14.1. The number of rotatable bonds is 9. The number of nitrogens with zero attached hydrogens (tertiary/aromatic N) is 1. The number of unbranched alkanes of at least 4 members (excludes halogenated alkanes) is 1. The van der Waals surface area contributed by atoms with Crippen molar-refractivity contribution in [2.75, 3.05) is 32.8 Å². The third-order valence-corrected chi connectivity index (χ3v) is 5.02. The third-order valence-electron chi connectivity index (χ3n) is 5.02. The van der Waals surface area contributed by atoms with Gasteiger partial charge in [-0.15, -0.1) is 0 Å². The highest BCUT2D eigenvalue weighted by Gasteiger charge is 2.27. The molecule has 2 N–H and O–H groups in total. The third kappa shape index (κ3) is 5.41. The molecule has 0 saturated carbocycles. The van der Waals surface area contributed by atoms with Crippen molar-refractivity contribution < 1.29 is 5.11 Å². The first-order valence-electron chi connectivity index (χ1n) is 8.26. The van der Waals surface area contributed by atoms with Crippen LogP contribution in [0.3, 0.4) is 0 Å². The van der Waals surface area contributed by atoms with Gasteiger partial charge in [-0.2, -0.15) is 0 Å². The Kier molecular flexibility index (Phi) is 7.96. The van der Waals surface area contributed by atoms with Crippen LogP contribution in [-0.2, 0) is 0 Å². The van der Waals surface area contributed by atoms with Crippen LogP contribution in [0, 0.1) is 5.41 Å².